The maximum atomic E-state index is 11.1. The molecule has 0 bridgehead atoms. The lowest BCUT2D eigenvalue weighted by Crippen LogP contribution is -2.59. The fraction of sp³-hybridized carbons (Fsp3) is 0.500. The van der Waals surface area contributed by atoms with Gasteiger partial charge in [-0.2, -0.15) is 0 Å². The zero-order chi connectivity index (χ0) is 14.2. The van der Waals surface area contributed by atoms with E-state index in [0.717, 1.165) is 0 Å². The van der Waals surface area contributed by atoms with Crippen molar-refractivity contribution in [2.45, 2.75) is 31.6 Å². The molecule has 1 aliphatic carbocycles. The third-order valence-electron chi connectivity index (χ3n) is 3.25. The van der Waals surface area contributed by atoms with Crippen LogP contribution in [0.25, 0.3) is 0 Å². The molecule has 0 aromatic heterocycles. The number of nitro benzene ring substituents is 1. The summed E-state index contributed by atoms with van der Waals surface area (Å²) in [7, 11) is 1.56. The topological polar surface area (TPSA) is 87.6 Å². The number of hydrogen-bond donors (Lipinski definition) is 1. The van der Waals surface area contributed by atoms with Crippen LogP contribution < -0.4 is 10.5 Å². The molecule has 0 spiro atoms. The van der Waals surface area contributed by atoms with Gasteiger partial charge in [0.1, 0.15) is 12.2 Å². The largest absolute Gasteiger partial charge is 0.480 e. The van der Waals surface area contributed by atoms with Gasteiger partial charge in [-0.05, 0) is 18.6 Å². The maximum Gasteiger partial charge on any atom is 0.312 e. The van der Waals surface area contributed by atoms with Gasteiger partial charge in [0.25, 0.3) is 0 Å². The number of rotatable bonds is 4. The third-order valence-corrected chi connectivity index (χ3v) is 3.71. The van der Waals surface area contributed by atoms with Gasteiger partial charge in [0.15, 0.2) is 0 Å². The first-order chi connectivity index (χ1) is 8.93. The Hall–Kier alpha value is -1.18. The lowest BCUT2D eigenvalue weighted by Gasteiger charge is -2.41. The second-order valence-corrected chi connectivity index (χ2v) is 5.50. The standard InChI is InChI=1S/C12H15BrN2O4/c1-6-3-7(13)4-9(15(16)17)11(6)19-10-5-8(14)12(10)18-2/h3-4,8,10,12H,5,14H2,1-2H3. The first-order valence-corrected chi connectivity index (χ1v) is 6.63. The number of methoxy groups -OCH3 is 1. The van der Waals surface area contributed by atoms with Gasteiger partial charge in [0.05, 0.1) is 4.92 Å². The molecule has 104 valence electrons. The van der Waals surface area contributed by atoms with Crippen molar-refractivity contribution in [2.75, 3.05) is 7.11 Å². The summed E-state index contributed by atoms with van der Waals surface area (Å²) >= 11 is 3.24. The minimum absolute atomic E-state index is 0.0535. The van der Waals surface area contributed by atoms with Gasteiger partial charge in [-0.25, -0.2) is 0 Å². The summed E-state index contributed by atoms with van der Waals surface area (Å²) in [5.41, 5.74) is 6.44. The molecule has 1 fully saturated rings. The molecular formula is C12H15BrN2O4. The van der Waals surface area contributed by atoms with Crippen molar-refractivity contribution in [1.29, 1.82) is 0 Å². The molecule has 6 nitrogen and oxygen atoms in total. The van der Waals surface area contributed by atoms with Gasteiger partial charge in [0, 0.05) is 30.1 Å². The summed E-state index contributed by atoms with van der Waals surface area (Å²) < 4.78 is 11.6. The lowest BCUT2D eigenvalue weighted by atomic mass is 9.86. The van der Waals surface area contributed by atoms with Crippen molar-refractivity contribution < 1.29 is 14.4 Å². The van der Waals surface area contributed by atoms with Gasteiger partial charge in [-0.1, -0.05) is 15.9 Å². The summed E-state index contributed by atoms with van der Waals surface area (Å²) in [6, 6.07) is 3.13. The number of halogens is 1. The Balaban J connectivity index is 2.27. The number of hydrogen-bond acceptors (Lipinski definition) is 5. The smallest absolute Gasteiger partial charge is 0.312 e. The van der Waals surface area contributed by atoms with Crippen LogP contribution in [0.5, 0.6) is 5.75 Å². The quantitative estimate of drug-likeness (QED) is 0.675. The maximum absolute atomic E-state index is 11.1. The van der Waals surface area contributed by atoms with Crippen LogP contribution in [-0.4, -0.2) is 30.3 Å². The van der Waals surface area contributed by atoms with E-state index < -0.39 is 4.92 Å². The van der Waals surface area contributed by atoms with Crippen molar-refractivity contribution in [3.63, 3.8) is 0 Å². The molecule has 3 atom stereocenters. The molecule has 1 aromatic carbocycles. The molecule has 0 aliphatic heterocycles. The van der Waals surface area contributed by atoms with Gasteiger partial charge in [0.2, 0.25) is 5.75 Å². The van der Waals surface area contributed by atoms with E-state index in [0.29, 0.717) is 16.5 Å². The molecule has 0 saturated heterocycles. The Labute approximate surface area is 119 Å². The van der Waals surface area contributed by atoms with Crippen LogP contribution in [0, 0.1) is 17.0 Å². The van der Waals surface area contributed by atoms with E-state index in [9.17, 15) is 10.1 Å². The summed E-state index contributed by atoms with van der Waals surface area (Å²) in [5.74, 6) is 0.284. The van der Waals surface area contributed by atoms with Gasteiger partial charge >= 0.3 is 5.69 Å². The van der Waals surface area contributed by atoms with Crippen molar-refractivity contribution in [3.05, 3.63) is 32.3 Å². The fourth-order valence-corrected chi connectivity index (χ4v) is 2.77. The molecule has 0 radical (unpaired) electrons. The van der Waals surface area contributed by atoms with Crippen LogP contribution in [0.1, 0.15) is 12.0 Å². The fourth-order valence-electron chi connectivity index (χ4n) is 2.21. The van der Waals surface area contributed by atoms with Crippen LogP contribution in [0.15, 0.2) is 16.6 Å². The minimum atomic E-state index is -0.451. The van der Waals surface area contributed by atoms with Gasteiger partial charge in [-0.15, -0.1) is 0 Å². The minimum Gasteiger partial charge on any atom is -0.480 e. The average molecular weight is 331 g/mol. The summed E-state index contributed by atoms with van der Waals surface area (Å²) in [6.07, 6.45) is 0.173. The van der Waals surface area contributed by atoms with E-state index in [1.165, 1.54) is 6.07 Å². The predicted molar refractivity (Wildman–Crippen MR) is 73.3 cm³/mol. The van der Waals surface area contributed by atoms with Crippen molar-refractivity contribution in [3.8, 4) is 5.75 Å². The zero-order valence-corrected chi connectivity index (χ0v) is 12.2. The lowest BCUT2D eigenvalue weighted by molar-refractivity contribution is -0.386. The second kappa shape index (κ2) is 5.44. The second-order valence-electron chi connectivity index (χ2n) is 4.58. The highest BCUT2D eigenvalue weighted by atomic mass is 79.9. The number of nitro groups is 1. The van der Waals surface area contributed by atoms with E-state index in [1.54, 1.807) is 20.1 Å². The molecule has 0 heterocycles. The molecule has 19 heavy (non-hydrogen) atoms. The van der Waals surface area contributed by atoms with Gasteiger partial charge < -0.3 is 15.2 Å². The number of ether oxygens (including phenoxy) is 2. The van der Waals surface area contributed by atoms with Crippen LogP contribution in [0.4, 0.5) is 5.69 Å². The molecule has 1 aromatic rings. The number of nitrogens with zero attached hydrogens (tertiary/aromatic N) is 1. The number of aryl methyl sites for hydroxylation is 1. The Morgan fingerprint density at radius 3 is 2.74 bits per heavy atom. The normalized spacial score (nSPS) is 25.8. The molecular weight excluding hydrogens is 316 g/mol. The molecule has 3 unspecified atom stereocenters. The first-order valence-electron chi connectivity index (χ1n) is 5.83. The van der Waals surface area contributed by atoms with Crippen LogP contribution in [-0.2, 0) is 4.74 Å². The molecule has 0 amide bonds. The van der Waals surface area contributed by atoms with E-state index in [-0.39, 0.29) is 29.7 Å². The van der Waals surface area contributed by atoms with Crippen LogP contribution in [0.2, 0.25) is 0 Å². The predicted octanol–water partition coefficient (Wildman–Crippen LogP) is 2.16. The number of nitrogens with two attached hydrogens (primary N) is 1. The Morgan fingerprint density at radius 2 is 2.21 bits per heavy atom. The third kappa shape index (κ3) is 2.72. The monoisotopic (exact) mass is 330 g/mol. The molecule has 7 heteroatoms. The van der Waals surface area contributed by atoms with E-state index in [1.807, 2.05) is 0 Å². The van der Waals surface area contributed by atoms with E-state index >= 15 is 0 Å². The molecule has 1 aliphatic rings. The Kier molecular flexibility index (Phi) is 4.07. The molecule has 2 rings (SSSR count). The van der Waals surface area contributed by atoms with Crippen molar-refractivity contribution in [1.82, 2.24) is 0 Å². The van der Waals surface area contributed by atoms with Crippen LogP contribution in [0.3, 0.4) is 0 Å². The number of benzene rings is 1. The van der Waals surface area contributed by atoms with Gasteiger partial charge in [-0.3, -0.25) is 10.1 Å². The highest BCUT2D eigenvalue weighted by Crippen LogP contribution is 2.37. The summed E-state index contributed by atoms with van der Waals surface area (Å²) in [4.78, 5) is 10.6. The van der Waals surface area contributed by atoms with Crippen molar-refractivity contribution >= 4 is 21.6 Å². The highest BCUT2D eigenvalue weighted by Gasteiger charge is 2.42. The highest BCUT2D eigenvalue weighted by molar-refractivity contribution is 9.10. The summed E-state index contributed by atoms with van der Waals surface area (Å²) in [5, 5.41) is 11.1. The van der Waals surface area contributed by atoms with Crippen molar-refractivity contribution in [2.24, 2.45) is 5.73 Å². The van der Waals surface area contributed by atoms with E-state index in [4.69, 9.17) is 15.2 Å². The molecule has 1 saturated carbocycles. The zero-order valence-electron chi connectivity index (χ0n) is 10.6. The van der Waals surface area contributed by atoms with E-state index in [2.05, 4.69) is 15.9 Å². The first kappa shape index (κ1) is 14.2. The SMILES string of the molecule is COC1C(N)CC1Oc1c(C)cc(Br)cc1[N+](=O)[O-]. The summed E-state index contributed by atoms with van der Waals surface area (Å²) in [6.45, 7) is 1.77. The average Bonchev–Trinajstić information content (AvgIpc) is 2.30. The van der Waals surface area contributed by atoms with Crippen LogP contribution >= 0.6 is 15.9 Å². The Bertz CT molecular complexity index is 509. The Morgan fingerprint density at radius 1 is 1.53 bits per heavy atom. The molecule has 2 N–H and O–H groups in total.